The van der Waals surface area contributed by atoms with Crippen LogP contribution in [0.1, 0.15) is 11.1 Å². The van der Waals surface area contributed by atoms with Gasteiger partial charge in [-0.2, -0.15) is 0 Å². The van der Waals surface area contributed by atoms with Gasteiger partial charge >= 0.3 is 0 Å². The standard InChI is InChI=1S/C19H19BrFNO3/c1-22(12-14-5-4-6-17(24-2)19(14)25-3)18(23)10-7-13-11-15(20)8-9-16(13)21/h4-11H,12H2,1-3H3. The lowest BCUT2D eigenvalue weighted by Gasteiger charge is -2.18. The Balaban J connectivity index is 2.13. The van der Waals surface area contributed by atoms with Crippen LogP contribution < -0.4 is 9.47 Å². The number of hydrogen-bond acceptors (Lipinski definition) is 3. The first-order valence-electron chi connectivity index (χ1n) is 7.54. The minimum Gasteiger partial charge on any atom is -0.493 e. The van der Waals surface area contributed by atoms with Crippen LogP contribution in [0.5, 0.6) is 11.5 Å². The summed E-state index contributed by atoms with van der Waals surface area (Å²) in [7, 11) is 4.79. The van der Waals surface area contributed by atoms with Gasteiger partial charge in [0.2, 0.25) is 5.91 Å². The Hall–Kier alpha value is -2.34. The largest absolute Gasteiger partial charge is 0.493 e. The number of halogens is 2. The second kappa shape index (κ2) is 8.67. The molecular weight excluding hydrogens is 389 g/mol. The molecule has 0 aliphatic rings. The Labute approximate surface area is 155 Å². The number of methoxy groups -OCH3 is 2. The highest BCUT2D eigenvalue weighted by Gasteiger charge is 2.13. The molecule has 6 heteroatoms. The van der Waals surface area contributed by atoms with Crippen LogP contribution in [0.15, 0.2) is 46.9 Å². The summed E-state index contributed by atoms with van der Waals surface area (Å²) in [4.78, 5) is 13.8. The van der Waals surface area contributed by atoms with E-state index in [9.17, 15) is 9.18 Å². The van der Waals surface area contributed by atoms with Crippen molar-refractivity contribution in [1.29, 1.82) is 0 Å². The molecule has 132 valence electrons. The molecule has 0 unspecified atom stereocenters. The molecule has 0 radical (unpaired) electrons. The summed E-state index contributed by atoms with van der Waals surface area (Å²) < 4.78 is 25.1. The van der Waals surface area contributed by atoms with Crippen LogP contribution in [-0.4, -0.2) is 32.1 Å². The van der Waals surface area contributed by atoms with E-state index >= 15 is 0 Å². The van der Waals surface area contributed by atoms with Crippen LogP contribution in [0.3, 0.4) is 0 Å². The van der Waals surface area contributed by atoms with E-state index in [0.717, 1.165) is 10.0 Å². The van der Waals surface area contributed by atoms with Crippen LogP contribution >= 0.6 is 15.9 Å². The maximum absolute atomic E-state index is 13.7. The highest BCUT2D eigenvalue weighted by atomic mass is 79.9. The van der Waals surface area contributed by atoms with Gasteiger partial charge in [-0.1, -0.05) is 28.1 Å². The molecule has 0 aliphatic carbocycles. The van der Waals surface area contributed by atoms with Gasteiger partial charge in [0, 0.05) is 35.3 Å². The lowest BCUT2D eigenvalue weighted by atomic mass is 10.1. The number of hydrogen-bond donors (Lipinski definition) is 0. The smallest absolute Gasteiger partial charge is 0.246 e. The Morgan fingerprint density at radius 1 is 1.24 bits per heavy atom. The minimum absolute atomic E-state index is 0.246. The highest BCUT2D eigenvalue weighted by molar-refractivity contribution is 9.10. The average molecular weight is 408 g/mol. The Morgan fingerprint density at radius 3 is 2.68 bits per heavy atom. The number of amides is 1. The Morgan fingerprint density at radius 2 is 2.00 bits per heavy atom. The SMILES string of the molecule is COc1cccc(CN(C)C(=O)C=Cc2cc(Br)ccc2F)c1OC. The molecule has 0 fully saturated rings. The van der Waals surface area contributed by atoms with Gasteiger partial charge in [0.05, 0.1) is 14.2 Å². The summed E-state index contributed by atoms with van der Waals surface area (Å²) in [5.41, 5.74) is 1.16. The average Bonchev–Trinajstić information content (AvgIpc) is 2.61. The van der Waals surface area contributed by atoms with Crippen LogP contribution in [-0.2, 0) is 11.3 Å². The third-order valence-corrected chi connectivity index (χ3v) is 4.12. The molecule has 25 heavy (non-hydrogen) atoms. The first-order valence-corrected chi connectivity index (χ1v) is 8.33. The zero-order chi connectivity index (χ0) is 18.4. The summed E-state index contributed by atoms with van der Waals surface area (Å²) in [5, 5.41) is 0. The number of carbonyl (C=O) groups excluding carboxylic acids is 1. The molecule has 0 bridgehead atoms. The van der Waals surface area contributed by atoms with Gasteiger partial charge in [0.15, 0.2) is 11.5 Å². The first kappa shape index (κ1) is 19.0. The summed E-state index contributed by atoms with van der Waals surface area (Å²) in [5.74, 6) is 0.563. The van der Waals surface area contributed by atoms with Crippen LogP contribution in [0.4, 0.5) is 4.39 Å². The van der Waals surface area contributed by atoms with Gasteiger partial charge in [0.25, 0.3) is 0 Å². The van der Waals surface area contributed by atoms with Gasteiger partial charge < -0.3 is 14.4 Å². The quantitative estimate of drug-likeness (QED) is 0.670. The third kappa shape index (κ3) is 4.82. The molecule has 0 spiro atoms. The van der Waals surface area contributed by atoms with Crippen molar-refractivity contribution in [2.45, 2.75) is 6.54 Å². The van der Waals surface area contributed by atoms with E-state index < -0.39 is 0 Å². The van der Waals surface area contributed by atoms with Crippen molar-refractivity contribution in [2.75, 3.05) is 21.3 Å². The van der Waals surface area contributed by atoms with E-state index in [1.165, 1.54) is 23.1 Å². The molecule has 2 rings (SSSR count). The third-order valence-electron chi connectivity index (χ3n) is 3.63. The minimum atomic E-state index is -0.385. The molecule has 1 amide bonds. The predicted octanol–water partition coefficient (Wildman–Crippen LogP) is 4.28. The van der Waals surface area contributed by atoms with Crippen LogP contribution in [0.2, 0.25) is 0 Å². The molecule has 0 saturated carbocycles. The fourth-order valence-electron chi connectivity index (χ4n) is 2.34. The molecule has 0 atom stereocenters. The van der Waals surface area contributed by atoms with Gasteiger partial charge in [0.1, 0.15) is 5.82 Å². The lowest BCUT2D eigenvalue weighted by molar-refractivity contribution is -0.125. The Bertz CT molecular complexity index is 792. The second-order valence-electron chi connectivity index (χ2n) is 5.35. The fraction of sp³-hybridized carbons (Fsp3) is 0.211. The van der Waals surface area contributed by atoms with E-state index in [0.29, 0.717) is 23.6 Å². The van der Waals surface area contributed by atoms with Crippen molar-refractivity contribution in [3.05, 3.63) is 63.9 Å². The van der Waals surface area contributed by atoms with Crippen molar-refractivity contribution in [2.24, 2.45) is 0 Å². The highest BCUT2D eigenvalue weighted by Crippen LogP contribution is 2.31. The molecule has 0 heterocycles. The number of nitrogens with zero attached hydrogens (tertiary/aromatic N) is 1. The number of carbonyl (C=O) groups is 1. The Kier molecular flexibility index (Phi) is 6.58. The van der Waals surface area contributed by atoms with Crippen molar-refractivity contribution in [3.63, 3.8) is 0 Å². The zero-order valence-electron chi connectivity index (χ0n) is 14.3. The normalized spacial score (nSPS) is 10.8. The second-order valence-corrected chi connectivity index (χ2v) is 6.26. The van der Waals surface area contributed by atoms with E-state index in [1.54, 1.807) is 39.5 Å². The fourth-order valence-corrected chi connectivity index (χ4v) is 2.72. The van der Waals surface area contributed by atoms with E-state index in [1.807, 2.05) is 12.1 Å². The first-order chi connectivity index (χ1) is 12.0. The number of para-hydroxylation sites is 1. The van der Waals surface area contributed by atoms with Crippen molar-refractivity contribution in [3.8, 4) is 11.5 Å². The van der Waals surface area contributed by atoms with Crippen molar-refractivity contribution in [1.82, 2.24) is 4.90 Å². The summed E-state index contributed by atoms with van der Waals surface area (Å²) in [6.07, 6.45) is 2.80. The van der Waals surface area contributed by atoms with Gasteiger partial charge in [-0.05, 0) is 30.3 Å². The molecule has 2 aromatic rings. The molecule has 0 N–H and O–H groups in total. The van der Waals surface area contributed by atoms with Crippen molar-refractivity contribution >= 4 is 27.9 Å². The molecule has 0 aliphatic heterocycles. The maximum Gasteiger partial charge on any atom is 0.246 e. The summed E-state index contributed by atoms with van der Waals surface area (Å²) >= 11 is 3.28. The number of ether oxygens (including phenoxy) is 2. The van der Waals surface area contributed by atoms with Crippen LogP contribution in [0, 0.1) is 5.82 Å². The van der Waals surface area contributed by atoms with Gasteiger partial charge in [-0.3, -0.25) is 4.79 Å². The van der Waals surface area contributed by atoms with Crippen molar-refractivity contribution < 1.29 is 18.7 Å². The van der Waals surface area contributed by atoms with Crippen LogP contribution in [0.25, 0.3) is 6.08 Å². The predicted molar refractivity (Wildman–Crippen MR) is 99.2 cm³/mol. The van der Waals surface area contributed by atoms with E-state index in [4.69, 9.17) is 9.47 Å². The van der Waals surface area contributed by atoms with Gasteiger partial charge in [-0.25, -0.2) is 4.39 Å². The zero-order valence-corrected chi connectivity index (χ0v) is 15.8. The van der Waals surface area contributed by atoms with Gasteiger partial charge in [-0.15, -0.1) is 0 Å². The lowest BCUT2D eigenvalue weighted by Crippen LogP contribution is -2.24. The number of benzene rings is 2. The maximum atomic E-state index is 13.7. The molecule has 0 saturated heterocycles. The molecule has 0 aromatic heterocycles. The molecule has 2 aromatic carbocycles. The summed E-state index contributed by atoms with van der Waals surface area (Å²) in [6.45, 7) is 0.338. The summed E-state index contributed by atoms with van der Waals surface area (Å²) in [6, 6.07) is 10.1. The monoisotopic (exact) mass is 407 g/mol. The van der Waals surface area contributed by atoms with E-state index in [-0.39, 0.29) is 11.7 Å². The van der Waals surface area contributed by atoms with E-state index in [2.05, 4.69) is 15.9 Å². The molecular formula is C19H19BrFNO3. The molecule has 4 nitrogen and oxygen atoms in total. The number of likely N-dealkylation sites (N-methyl/N-ethyl adjacent to an activating group) is 1. The number of rotatable bonds is 6. The topological polar surface area (TPSA) is 38.8 Å².